The maximum atomic E-state index is 11.5. The number of carboxylic acids is 1. The monoisotopic (exact) mass is 351 g/mol. The number of H-pyrrole nitrogens is 1. The molecule has 0 saturated carbocycles. The number of nitrogens with zero attached hydrogens (tertiary/aromatic N) is 2. The summed E-state index contributed by atoms with van der Waals surface area (Å²) in [5.74, 6) is -0.614. The van der Waals surface area contributed by atoms with Crippen LogP contribution in [0.4, 0.5) is 0 Å². The Morgan fingerprint density at radius 1 is 1.19 bits per heavy atom. The molecule has 2 aromatic heterocycles. The lowest BCUT2D eigenvalue weighted by molar-refractivity contribution is 0.0697. The van der Waals surface area contributed by atoms with Crippen LogP contribution in [-0.4, -0.2) is 25.8 Å². The third kappa shape index (κ3) is 3.17. The van der Waals surface area contributed by atoms with Crippen LogP contribution < -0.4 is 0 Å². The van der Waals surface area contributed by atoms with Crippen molar-refractivity contribution < 1.29 is 9.90 Å². The van der Waals surface area contributed by atoms with Gasteiger partial charge in [-0.05, 0) is 38.8 Å². The summed E-state index contributed by atoms with van der Waals surface area (Å²) in [5, 5.41) is 14.1. The number of nitrogens with one attached hydrogen (secondary N) is 1. The van der Waals surface area contributed by atoms with Gasteiger partial charge < -0.3 is 10.1 Å². The second-order valence-corrected chi connectivity index (χ2v) is 7.83. The molecule has 2 N–H and O–H groups in total. The van der Waals surface area contributed by atoms with Crippen molar-refractivity contribution in [3.05, 3.63) is 54.0 Å². The number of rotatable bonds is 4. The molecule has 2 heterocycles. The van der Waals surface area contributed by atoms with E-state index in [4.69, 9.17) is 0 Å². The van der Waals surface area contributed by atoms with Gasteiger partial charge in [-0.1, -0.05) is 32.0 Å². The Morgan fingerprint density at radius 3 is 2.50 bits per heavy atom. The molecule has 5 heteroatoms. The van der Waals surface area contributed by atoms with E-state index in [9.17, 15) is 9.90 Å². The van der Waals surface area contributed by atoms with E-state index in [1.165, 1.54) is 5.69 Å². The Morgan fingerprint density at radius 2 is 1.88 bits per heavy atom. The van der Waals surface area contributed by atoms with Crippen LogP contribution in [0.3, 0.4) is 0 Å². The molecule has 5 nitrogen and oxygen atoms in total. The topological polar surface area (TPSA) is 70.9 Å². The largest absolute Gasteiger partial charge is 0.478 e. The first-order valence-corrected chi connectivity index (χ1v) is 8.80. The van der Waals surface area contributed by atoms with E-state index in [0.717, 1.165) is 16.8 Å². The zero-order valence-electron chi connectivity index (χ0n) is 15.9. The van der Waals surface area contributed by atoms with Crippen LogP contribution in [0.2, 0.25) is 0 Å². The van der Waals surface area contributed by atoms with Gasteiger partial charge in [-0.2, -0.15) is 5.10 Å². The summed E-state index contributed by atoms with van der Waals surface area (Å²) in [7, 11) is 0. The van der Waals surface area contributed by atoms with Crippen LogP contribution in [0.15, 0.2) is 42.7 Å². The number of carbonyl (C=O) groups is 1. The number of aromatic carboxylic acids is 1. The van der Waals surface area contributed by atoms with Crippen molar-refractivity contribution in [2.45, 2.75) is 46.1 Å². The summed E-state index contributed by atoms with van der Waals surface area (Å²) >= 11 is 0. The molecule has 0 fully saturated rings. The van der Waals surface area contributed by atoms with Crippen LogP contribution in [0.1, 0.15) is 56.6 Å². The van der Waals surface area contributed by atoms with Crippen LogP contribution in [-0.2, 0) is 5.54 Å². The zero-order valence-corrected chi connectivity index (χ0v) is 15.9. The Balaban J connectivity index is 2.10. The van der Waals surface area contributed by atoms with E-state index in [-0.39, 0.29) is 11.1 Å². The molecule has 3 aromatic rings. The standard InChI is InChI=1S/C21H25N3O2/c1-13(2)19-17(12-23-24(19)21(3,4)5)14-10-18(22-11-14)15-8-6-7-9-16(15)20(25)26/h6-13,22H,1-5H3,(H,25,26). The molecule has 1 aromatic carbocycles. The minimum atomic E-state index is -0.930. The second kappa shape index (κ2) is 6.48. The summed E-state index contributed by atoms with van der Waals surface area (Å²) in [6.07, 6.45) is 3.82. The van der Waals surface area contributed by atoms with Crippen molar-refractivity contribution in [2.75, 3.05) is 0 Å². The fourth-order valence-corrected chi connectivity index (χ4v) is 3.28. The van der Waals surface area contributed by atoms with Crippen LogP contribution in [0.25, 0.3) is 22.4 Å². The lowest BCUT2D eigenvalue weighted by Crippen LogP contribution is -2.25. The number of hydrogen-bond acceptors (Lipinski definition) is 2. The number of hydrogen-bond donors (Lipinski definition) is 2. The Bertz CT molecular complexity index is 942. The molecular weight excluding hydrogens is 326 g/mol. The first-order chi connectivity index (χ1) is 12.2. The van der Waals surface area contributed by atoms with Gasteiger partial charge in [0.15, 0.2) is 0 Å². The first kappa shape index (κ1) is 18.0. The van der Waals surface area contributed by atoms with Crippen LogP contribution in [0, 0.1) is 0 Å². The number of benzene rings is 1. The molecule has 0 radical (unpaired) electrons. The number of aromatic amines is 1. The Labute approximate surface area is 153 Å². The van der Waals surface area contributed by atoms with Crippen molar-refractivity contribution in [3.8, 4) is 22.4 Å². The van der Waals surface area contributed by atoms with Gasteiger partial charge in [0.25, 0.3) is 0 Å². The molecule has 0 spiro atoms. The molecule has 0 aliphatic carbocycles. The molecule has 0 saturated heterocycles. The smallest absolute Gasteiger partial charge is 0.336 e. The van der Waals surface area contributed by atoms with Gasteiger partial charge in [0, 0.05) is 34.3 Å². The molecular formula is C21H25N3O2. The van der Waals surface area contributed by atoms with Gasteiger partial charge in [-0.25, -0.2) is 4.79 Å². The zero-order chi connectivity index (χ0) is 19.1. The summed E-state index contributed by atoms with van der Waals surface area (Å²) in [6.45, 7) is 10.7. The predicted octanol–water partition coefficient (Wildman–Crippen LogP) is 5.12. The van der Waals surface area contributed by atoms with Crippen LogP contribution in [0.5, 0.6) is 0 Å². The van der Waals surface area contributed by atoms with E-state index >= 15 is 0 Å². The van der Waals surface area contributed by atoms with Crippen molar-refractivity contribution in [2.24, 2.45) is 0 Å². The van der Waals surface area contributed by atoms with Crippen LogP contribution >= 0.6 is 0 Å². The highest BCUT2D eigenvalue weighted by Crippen LogP contribution is 2.35. The minimum absolute atomic E-state index is 0.104. The molecule has 0 bridgehead atoms. The third-order valence-corrected chi connectivity index (χ3v) is 4.43. The van der Waals surface area contributed by atoms with Crippen molar-refractivity contribution in [1.29, 1.82) is 0 Å². The lowest BCUT2D eigenvalue weighted by atomic mass is 9.98. The fourth-order valence-electron chi connectivity index (χ4n) is 3.28. The number of aromatic nitrogens is 3. The summed E-state index contributed by atoms with van der Waals surface area (Å²) in [4.78, 5) is 14.7. The first-order valence-electron chi connectivity index (χ1n) is 8.80. The molecule has 26 heavy (non-hydrogen) atoms. The average molecular weight is 351 g/mol. The molecule has 3 rings (SSSR count). The van der Waals surface area contributed by atoms with Gasteiger partial charge in [0.05, 0.1) is 17.3 Å². The molecule has 0 unspecified atom stereocenters. The summed E-state index contributed by atoms with van der Waals surface area (Å²) in [6, 6.07) is 9.02. The normalized spacial score (nSPS) is 11.9. The van der Waals surface area contributed by atoms with E-state index in [2.05, 4.69) is 49.4 Å². The molecule has 0 aliphatic rings. The van der Waals surface area contributed by atoms with E-state index < -0.39 is 5.97 Å². The Hall–Kier alpha value is -2.82. The average Bonchev–Trinajstić information content (AvgIpc) is 3.21. The van der Waals surface area contributed by atoms with Gasteiger partial charge in [-0.15, -0.1) is 0 Å². The van der Waals surface area contributed by atoms with Gasteiger partial charge in [0.2, 0.25) is 0 Å². The summed E-state index contributed by atoms with van der Waals surface area (Å²) in [5.41, 5.74) is 4.92. The molecule has 0 atom stereocenters. The maximum Gasteiger partial charge on any atom is 0.336 e. The third-order valence-electron chi connectivity index (χ3n) is 4.43. The van der Waals surface area contributed by atoms with Gasteiger partial charge >= 0.3 is 5.97 Å². The number of carboxylic acid groups (broad SMARTS) is 1. The van der Waals surface area contributed by atoms with Gasteiger partial charge in [-0.3, -0.25) is 4.68 Å². The quantitative estimate of drug-likeness (QED) is 0.685. The van der Waals surface area contributed by atoms with E-state index in [1.807, 2.05) is 30.6 Å². The van der Waals surface area contributed by atoms with Crippen molar-refractivity contribution in [1.82, 2.24) is 14.8 Å². The molecule has 136 valence electrons. The van der Waals surface area contributed by atoms with Crippen molar-refractivity contribution in [3.63, 3.8) is 0 Å². The second-order valence-electron chi connectivity index (χ2n) is 7.83. The van der Waals surface area contributed by atoms with Gasteiger partial charge in [0.1, 0.15) is 0 Å². The highest BCUT2D eigenvalue weighted by atomic mass is 16.4. The van der Waals surface area contributed by atoms with E-state index in [0.29, 0.717) is 11.5 Å². The van der Waals surface area contributed by atoms with E-state index in [1.54, 1.807) is 12.1 Å². The maximum absolute atomic E-state index is 11.5. The molecule has 0 aliphatic heterocycles. The summed E-state index contributed by atoms with van der Waals surface area (Å²) < 4.78 is 2.07. The SMILES string of the molecule is CC(C)c1c(-c2c[nH]c(-c3ccccc3C(=O)O)c2)cnn1C(C)(C)C. The predicted molar refractivity (Wildman–Crippen MR) is 103 cm³/mol. The molecule has 0 amide bonds. The van der Waals surface area contributed by atoms with Crippen molar-refractivity contribution >= 4 is 5.97 Å². The highest BCUT2D eigenvalue weighted by molar-refractivity contribution is 5.95. The lowest BCUT2D eigenvalue weighted by Gasteiger charge is -2.24. The fraction of sp³-hybridized carbons (Fsp3) is 0.333. The Kier molecular flexibility index (Phi) is 4.48. The minimum Gasteiger partial charge on any atom is -0.478 e. The highest BCUT2D eigenvalue weighted by Gasteiger charge is 2.24.